The monoisotopic (exact) mass is 250 g/mol. The molecule has 4 heteroatoms. The number of benzene rings is 1. The van der Waals surface area contributed by atoms with Crippen LogP contribution < -0.4 is 5.73 Å². The van der Waals surface area contributed by atoms with E-state index in [1.165, 1.54) is 0 Å². The van der Waals surface area contributed by atoms with Crippen molar-refractivity contribution in [3.05, 3.63) is 35.9 Å². The molecular weight excluding hydrogens is 228 g/mol. The molecule has 1 aromatic rings. The van der Waals surface area contributed by atoms with Crippen LogP contribution in [0.5, 0.6) is 0 Å². The number of ether oxygens (including phenoxy) is 2. The minimum Gasteiger partial charge on any atom is -0.387 e. The maximum absolute atomic E-state index is 5.89. The zero-order chi connectivity index (χ0) is 13.2. The van der Waals surface area contributed by atoms with Crippen LogP contribution in [0.1, 0.15) is 19.4 Å². The van der Waals surface area contributed by atoms with Gasteiger partial charge in [0.05, 0.1) is 12.4 Å². The van der Waals surface area contributed by atoms with Gasteiger partial charge < -0.3 is 15.2 Å². The molecule has 2 N–H and O–H groups in total. The summed E-state index contributed by atoms with van der Waals surface area (Å²) in [5, 5.41) is 0. The van der Waals surface area contributed by atoms with Crippen LogP contribution in [-0.2, 0) is 15.9 Å². The zero-order valence-corrected chi connectivity index (χ0v) is 11.1. The summed E-state index contributed by atoms with van der Waals surface area (Å²) in [5.41, 5.74) is 7.04. The van der Waals surface area contributed by atoms with Crippen molar-refractivity contribution in [2.75, 3.05) is 19.8 Å². The summed E-state index contributed by atoms with van der Waals surface area (Å²) in [5.74, 6) is 0.602. The van der Waals surface area contributed by atoms with Gasteiger partial charge in [0, 0.05) is 19.6 Å². The second-order valence-electron chi connectivity index (χ2n) is 3.83. The normalized spacial score (nSPS) is 12.1. The molecule has 0 aliphatic heterocycles. The molecule has 0 spiro atoms. The van der Waals surface area contributed by atoms with Crippen molar-refractivity contribution in [1.29, 1.82) is 0 Å². The Bertz CT molecular complexity index is 346. The summed E-state index contributed by atoms with van der Waals surface area (Å²) < 4.78 is 10.8. The molecule has 0 aliphatic carbocycles. The van der Waals surface area contributed by atoms with E-state index in [4.69, 9.17) is 15.2 Å². The molecule has 0 fully saturated rings. The molecule has 0 radical (unpaired) electrons. The Morgan fingerprint density at radius 2 is 1.78 bits per heavy atom. The minimum absolute atomic E-state index is 0.297. The SMILES string of the molecule is CCOC(CN=C(N)Cc1ccccc1)OCC. The van der Waals surface area contributed by atoms with E-state index in [1.54, 1.807) is 0 Å². The van der Waals surface area contributed by atoms with E-state index < -0.39 is 0 Å². The molecule has 0 unspecified atom stereocenters. The summed E-state index contributed by atoms with van der Waals surface area (Å²) in [4.78, 5) is 4.30. The minimum atomic E-state index is -0.297. The molecule has 100 valence electrons. The highest BCUT2D eigenvalue weighted by atomic mass is 16.7. The van der Waals surface area contributed by atoms with Crippen molar-refractivity contribution in [3.8, 4) is 0 Å². The third-order valence-corrected chi connectivity index (χ3v) is 2.38. The Balaban J connectivity index is 2.44. The van der Waals surface area contributed by atoms with Crippen molar-refractivity contribution >= 4 is 5.84 Å². The van der Waals surface area contributed by atoms with E-state index in [-0.39, 0.29) is 6.29 Å². The molecule has 1 aromatic carbocycles. The fourth-order valence-corrected chi connectivity index (χ4v) is 1.58. The fraction of sp³-hybridized carbons (Fsp3) is 0.500. The van der Waals surface area contributed by atoms with Crippen molar-refractivity contribution < 1.29 is 9.47 Å². The first-order valence-corrected chi connectivity index (χ1v) is 6.32. The van der Waals surface area contributed by atoms with Crippen LogP contribution in [0.3, 0.4) is 0 Å². The zero-order valence-electron chi connectivity index (χ0n) is 11.1. The van der Waals surface area contributed by atoms with Crippen molar-refractivity contribution in [2.24, 2.45) is 10.7 Å². The van der Waals surface area contributed by atoms with Crippen LogP contribution in [0.15, 0.2) is 35.3 Å². The maximum atomic E-state index is 5.89. The third kappa shape index (κ3) is 5.80. The molecule has 0 saturated carbocycles. The number of hydrogen-bond acceptors (Lipinski definition) is 3. The van der Waals surface area contributed by atoms with Crippen LogP contribution >= 0.6 is 0 Å². The fourth-order valence-electron chi connectivity index (χ4n) is 1.58. The Morgan fingerprint density at radius 1 is 1.17 bits per heavy atom. The molecule has 1 rings (SSSR count). The molecule has 0 bridgehead atoms. The Labute approximate surface area is 109 Å². The van der Waals surface area contributed by atoms with E-state index in [0.29, 0.717) is 32.0 Å². The molecule has 0 amide bonds. The van der Waals surface area contributed by atoms with Crippen LogP contribution in [0.25, 0.3) is 0 Å². The number of aliphatic imine (C=N–C) groups is 1. The van der Waals surface area contributed by atoms with Gasteiger partial charge in [-0.1, -0.05) is 30.3 Å². The molecule has 0 aliphatic rings. The van der Waals surface area contributed by atoms with E-state index in [9.17, 15) is 0 Å². The largest absolute Gasteiger partial charge is 0.387 e. The molecule has 18 heavy (non-hydrogen) atoms. The van der Waals surface area contributed by atoms with Gasteiger partial charge in [-0.05, 0) is 19.4 Å². The third-order valence-electron chi connectivity index (χ3n) is 2.38. The first-order chi connectivity index (χ1) is 8.76. The molecule has 4 nitrogen and oxygen atoms in total. The van der Waals surface area contributed by atoms with Crippen molar-refractivity contribution in [1.82, 2.24) is 0 Å². The number of rotatable bonds is 8. The number of hydrogen-bond donors (Lipinski definition) is 1. The van der Waals surface area contributed by atoms with Gasteiger partial charge in [0.15, 0.2) is 6.29 Å². The smallest absolute Gasteiger partial charge is 0.176 e. The second-order valence-corrected chi connectivity index (χ2v) is 3.83. The molecular formula is C14H22N2O2. The number of nitrogens with zero attached hydrogens (tertiary/aromatic N) is 1. The van der Waals surface area contributed by atoms with Crippen LogP contribution in [0.4, 0.5) is 0 Å². The van der Waals surface area contributed by atoms with Crippen LogP contribution in [0, 0.1) is 0 Å². The Kier molecular flexibility index (Phi) is 7.06. The van der Waals surface area contributed by atoms with Crippen molar-refractivity contribution in [3.63, 3.8) is 0 Å². The predicted octanol–water partition coefficient (Wildman–Crippen LogP) is 1.99. The average molecular weight is 250 g/mol. The highest BCUT2D eigenvalue weighted by Gasteiger charge is 2.06. The van der Waals surface area contributed by atoms with E-state index >= 15 is 0 Å². The van der Waals surface area contributed by atoms with Gasteiger partial charge in [0.25, 0.3) is 0 Å². The Hall–Kier alpha value is -1.39. The standard InChI is InChI=1S/C14H22N2O2/c1-3-17-14(18-4-2)11-16-13(15)10-12-8-6-5-7-9-12/h5-9,14H,3-4,10-11H2,1-2H3,(H2,15,16). The molecule has 0 aromatic heterocycles. The molecule has 0 saturated heterocycles. The summed E-state index contributed by atoms with van der Waals surface area (Å²) in [6.07, 6.45) is 0.362. The highest BCUT2D eigenvalue weighted by Crippen LogP contribution is 2.01. The van der Waals surface area contributed by atoms with Gasteiger partial charge in [-0.2, -0.15) is 0 Å². The summed E-state index contributed by atoms with van der Waals surface area (Å²) in [7, 11) is 0. The highest BCUT2D eigenvalue weighted by molar-refractivity contribution is 5.82. The number of nitrogens with two attached hydrogens (primary N) is 1. The lowest BCUT2D eigenvalue weighted by atomic mass is 10.1. The lowest BCUT2D eigenvalue weighted by Gasteiger charge is -2.14. The van der Waals surface area contributed by atoms with Gasteiger partial charge >= 0.3 is 0 Å². The maximum Gasteiger partial charge on any atom is 0.176 e. The summed E-state index contributed by atoms with van der Waals surface area (Å²) >= 11 is 0. The van der Waals surface area contributed by atoms with Crippen LogP contribution in [0.2, 0.25) is 0 Å². The second kappa shape index (κ2) is 8.66. The number of amidine groups is 1. The Morgan fingerprint density at radius 3 is 2.33 bits per heavy atom. The van der Waals surface area contributed by atoms with E-state index in [0.717, 1.165) is 5.56 Å². The van der Waals surface area contributed by atoms with E-state index in [1.807, 2.05) is 44.2 Å². The molecule has 0 atom stereocenters. The molecule has 0 heterocycles. The van der Waals surface area contributed by atoms with Gasteiger partial charge in [0.1, 0.15) is 0 Å². The quantitative estimate of drug-likeness (QED) is 0.436. The van der Waals surface area contributed by atoms with Gasteiger partial charge in [-0.3, -0.25) is 4.99 Å². The van der Waals surface area contributed by atoms with Gasteiger partial charge in [0.2, 0.25) is 0 Å². The van der Waals surface area contributed by atoms with Crippen molar-refractivity contribution in [2.45, 2.75) is 26.6 Å². The van der Waals surface area contributed by atoms with Gasteiger partial charge in [-0.15, -0.1) is 0 Å². The topological polar surface area (TPSA) is 56.8 Å². The summed E-state index contributed by atoms with van der Waals surface area (Å²) in [6.45, 7) is 5.53. The van der Waals surface area contributed by atoms with Crippen LogP contribution in [-0.4, -0.2) is 31.9 Å². The summed E-state index contributed by atoms with van der Waals surface area (Å²) in [6, 6.07) is 10.0. The van der Waals surface area contributed by atoms with Gasteiger partial charge in [-0.25, -0.2) is 0 Å². The first-order valence-electron chi connectivity index (χ1n) is 6.32. The van der Waals surface area contributed by atoms with E-state index in [2.05, 4.69) is 4.99 Å². The first kappa shape index (κ1) is 14.7. The average Bonchev–Trinajstić information content (AvgIpc) is 2.38. The predicted molar refractivity (Wildman–Crippen MR) is 73.7 cm³/mol. The lowest BCUT2D eigenvalue weighted by molar-refractivity contribution is -0.128. The lowest BCUT2D eigenvalue weighted by Crippen LogP contribution is -2.24.